The van der Waals surface area contributed by atoms with Crippen LogP contribution in [0.15, 0.2) is 33.2 Å². The van der Waals surface area contributed by atoms with Crippen molar-refractivity contribution in [3.05, 3.63) is 44.3 Å². The minimum atomic E-state index is -1.07. The minimum Gasteiger partial charge on any atom is -0.495 e. The molecule has 136 valence electrons. The first-order valence-corrected chi connectivity index (χ1v) is 8.42. The molecule has 0 radical (unpaired) electrons. The van der Waals surface area contributed by atoms with Gasteiger partial charge >= 0.3 is 5.97 Å². The molecule has 0 spiro atoms. The Morgan fingerprint density at radius 3 is 1.92 bits per heavy atom. The van der Waals surface area contributed by atoms with Gasteiger partial charge < -0.3 is 31.2 Å². The Labute approximate surface area is 161 Å². The number of rotatable bonds is 4. The van der Waals surface area contributed by atoms with Crippen LogP contribution in [-0.4, -0.2) is 30.4 Å². The molecule has 0 aliphatic heterocycles. The third-order valence-electron chi connectivity index (χ3n) is 3.14. The fourth-order valence-corrected chi connectivity index (χ4v) is 2.81. The molecule has 0 saturated carbocycles. The van der Waals surface area contributed by atoms with Gasteiger partial charge in [-0.1, -0.05) is 31.9 Å². The van der Waals surface area contributed by atoms with Gasteiger partial charge in [0, 0.05) is 14.5 Å². The van der Waals surface area contributed by atoms with Gasteiger partial charge in [0.05, 0.1) is 37.8 Å². The van der Waals surface area contributed by atoms with Crippen LogP contribution in [0.3, 0.4) is 0 Å². The van der Waals surface area contributed by atoms with Gasteiger partial charge in [-0.2, -0.15) is 0 Å². The SMILES string of the molecule is COc1cc(Br)cc(C(=O)O)c1N.COc1cc(Br)cc(CO)c1N. The lowest BCUT2D eigenvalue weighted by Gasteiger charge is -2.08. The number of hydrogen-bond donors (Lipinski definition) is 4. The Hall–Kier alpha value is -1.97. The highest BCUT2D eigenvalue weighted by molar-refractivity contribution is 9.10. The smallest absolute Gasteiger partial charge is 0.337 e. The Kier molecular flexibility index (Phi) is 8.01. The number of nitrogens with two attached hydrogens (primary N) is 2. The average Bonchev–Trinajstić information content (AvgIpc) is 2.58. The maximum Gasteiger partial charge on any atom is 0.337 e. The van der Waals surface area contributed by atoms with Gasteiger partial charge in [-0.15, -0.1) is 0 Å². The number of aromatic carboxylic acids is 1. The second-order valence-electron chi connectivity index (χ2n) is 4.71. The summed E-state index contributed by atoms with van der Waals surface area (Å²) in [6, 6.07) is 6.56. The quantitative estimate of drug-likeness (QED) is 0.497. The minimum absolute atomic E-state index is 0.0335. The summed E-state index contributed by atoms with van der Waals surface area (Å²) in [4.78, 5) is 10.7. The normalized spacial score (nSPS) is 9.80. The molecule has 0 aliphatic carbocycles. The van der Waals surface area contributed by atoms with Crippen LogP contribution in [-0.2, 0) is 6.61 Å². The summed E-state index contributed by atoms with van der Waals surface area (Å²) in [6.45, 7) is -0.0817. The molecule has 2 aromatic rings. The van der Waals surface area contributed by atoms with Gasteiger partial charge in [-0.25, -0.2) is 4.79 Å². The van der Waals surface area contributed by atoms with E-state index in [1.807, 2.05) is 0 Å². The zero-order valence-electron chi connectivity index (χ0n) is 13.5. The van der Waals surface area contributed by atoms with Crippen molar-refractivity contribution < 1.29 is 24.5 Å². The number of carboxylic acid groups (broad SMARTS) is 1. The van der Waals surface area contributed by atoms with Crippen LogP contribution in [0.5, 0.6) is 11.5 Å². The number of halogens is 2. The van der Waals surface area contributed by atoms with Crippen molar-refractivity contribution in [2.75, 3.05) is 25.7 Å². The summed E-state index contributed by atoms with van der Waals surface area (Å²) in [7, 11) is 2.98. The lowest BCUT2D eigenvalue weighted by molar-refractivity contribution is 0.0697. The fraction of sp³-hybridized carbons (Fsp3) is 0.188. The molecule has 0 amide bonds. The molecule has 0 aromatic heterocycles. The second kappa shape index (κ2) is 9.50. The van der Waals surface area contributed by atoms with Crippen molar-refractivity contribution in [1.82, 2.24) is 0 Å². The molecule has 9 heteroatoms. The van der Waals surface area contributed by atoms with Gasteiger partial charge in [0.1, 0.15) is 11.5 Å². The summed E-state index contributed by atoms with van der Waals surface area (Å²) >= 11 is 6.44. The van der Waals surface area contributed by atoms with Gasteiger partial charge in [-0.05, 0) is 24.3 Å². The van der Waals surface area contributed by atoms with Crippen LogP contribution in [0.1, 0.15) is 15.9 Å². The molecule has 7 nitrogen and oxygen atoms in total. The fourth-order valence-electron chi connectivity index (χ4n) is 1.89. The maximum atomic E-state index is 10.7. The number of aliphatic hydroxyl groups excluding tert-OH is 1. The number of nitrogen functional groups attached to an aromatic ring is 2. The zero-order valence-corrected chi connectivity index (χ0v) is 16.7. The van der Waals surface area contributed by atoms with Crippen LogP contribution >= 0.6 is 31.9 Å². The highest BCUT2D eigenvalue weighted by Gasteiger charge is 2.13. The van der Waals surface area contributed by atoms with Crippen LogP contribution < -0.4 is 20.9 Å². The highest BCUT2D eigenvalue weighted by atomic mass is 79.9. The molecule has 0 fully saturated rings. The number of anilines is 2. The molecule has 2 aromatic carbocycles. The number of ether oxygens (including phenoxy) is 2. The summed E-state index contributed by atoms with van der Waals surface area (Å²) in [6.07, 6.45) is 0. The molecule has 6 N–H and O–H groups in total. The van der Waals surface area contributed by atoms with E-state index in [1.165, 1.54) is 13.2 Å². The summed E-state index contributed by atoms with van der Waals surface area (Å²) in [5, 5.41) is 17.7. The molecule has 0 saturated heterocycles. The first-order chi connectivity index (χ1) is 11.7. The van der Waals surface area contributed by atoms with E-state index in [4.69, 9.17) is 31.2 Å². The Balaban J connectivity index is 0.000000251. The van der Waals surface area contributed by atoms with Crippen molar-refractivity contribution in [3.8, 4) is 11.5 Å². The van der Waals surface area contributed by atoms with E-state index in [2.05, 4.69) is 31.9 Å². The number of hydrogen-bond acceptors (Lipinski definition) is 6. The van der Waals surface area contributed by atoms with E-state index < -0.39 is 5.97 Å². The molecule has 25 heavy (non-hydrogen) atoms. The summed E-state index contributed by atoms with van der Waals surface area (Å²) in [5.41, 5.74) is 12.5. The molecular weight excluding hydrogens is 460 g/mol. The molecule has 0 bridgehead atoms. The average molecular weight is 478 g/mol. The largest absolute Gasteiger partial charge is 0.495 e. The Morgan fingerprint density at radius 1 is 1.00 bits per heavy atom. The predicted octanol–water partition coefficient (Wildman–Crippen LogP) is 3.27. The molecule has 0 heterocycles. The van der Waals surface area contributed by atoms with Gasteiger partial charge in [0.2, 0.25) is 0 Å². The molecule has 0 unspecified atom stereocenters. The molecule has 0 aliphatic rings. The third-order valence-corrected chi connectivity index (χ3v) is 4.06. The van der Waals surface area contributed by atoms with E-state index in [1.54, 1.807) is 25.3 Å². The molecular formula is C16H18Br2N2O5. The van der Waals surface area contributed by atoms with Gasteiger partial charge in [0.25, 0.3) is 0 Å². The van der Waals surface area contributed by atoms with Crippen molar-refractivity contribution >= 4 is 49.2 Å². The topological polar surface area (TPSA) is 128 Å². The third kappa shape index (κ3) is 5.52. The van der Waals surface area contributed by atoms with Crippen LogP contribution in [0.25, 0.3) is 0 Å². The summed E-state index contributed by atoms with van der Waals surface area (Å²) in [5.74, 6) is -0.141. The zero-order chi connectivity index (χ0) is 19.1. The number of carbonyl (C=O) groups is 1. The first kappa shape index (κ1) is 21.1. The Morgan fingerprint density at radius 2 is 1.48 bits per heavy atom. The maximum absolute atomic E-state index is 10.7. The highest BCUT2D eigenvalue weighted by Crippen LogP contribution is 2.30. The molecule has 0 atom stereocenters. The van der Waals surface area contributed by atoms with Crippen molar-refractivity contribution in [2.45, 2.75) is 6.61 Å². The van der Waals surface area contributed by atoms with Crippen LogP contribution in [0, 0.1) is 0 Å². The summed E-state index contributed by atoms with van der Waals surface area (Å²) < 4.78 is 11.4. The van der Waals surface area contributed by atoms with Crippen LogP contribution in [0.2, 0.25) is 0 Å². The lowest BCUT2D eigenvalue weighted by Crippen LogP contribution is -2.04. The first-order valence-electron chi connectivity index (χ1n) is 6.84. The van der Waals surface area contributed by atoms with E-state index >= 15 is 0 Å². The van der Waals surface area contributed by atoms with Crippen molar-refractivity contribution in [1.29, 1.82) is 0 Å². The number of benzene rings is 2. The number of methoxy groups -OCH3 is 2. The molecule has 2 rings (SSSR count). The Bertz CT molecular complexity index is 743. The van der Waals surface area contributed by atoms with Crippen molar-refractivity contribution in [2.24, 2.45) is 0 Å². The number of carboxylic acids is 1. The standard InChI is InChI=1S/C8H8BrNO3.C8H10BrNO2/c1-13-6-3-4(9)2-5(7(6)10)8(11)12;1-12-7-3-6(9)2-5(4-11)8(7)10/h2-3H,10H2,1H3,(H,11,12);2-3,11H,4,10H2,1H3. The van der Waals surface area contributed by atoms with E-state index in [0.717, 1.165) is 4.47 Å². The van der Waals surface area contributed by atoms with Gasteiger partial charge in [-0.3, -0.25) is 0 Å². The predicted molar refractivity (Wildman–Crippen MR) is 103 cm³/mol. The van der Waals surface area contributed by atoms with E-state index in [9.17, 15) is 4.79 Å². The lowest BCUT2D eigenvalue weighted by atomic mass is 10.1. The van der Waals surface area contributed by atoms with Crippen molar-refractivity contribution in [3.63, 3.8) is 0 Å². The second-order valence-corrected chi connectivity index (χ2v) is 6.54. The number of aliphatic hydroxyl groups is 1. The monoisotopic (exact) mass is 476 g/mol. The van der Waals surface area contributed by atoms with Gasteiger partial charge in [0.15, 0.2) is 0 Å². The van der Waals surface area contributed by atoms with Crippen LogP contribution in [0.4, 0.5) is 11.4 Å². The van der Waals surface area contributed by atoms with E-state index in [-0.39, 0.29) is 17.9 Å². The van der Waals surface area contributed by atoms with E-state index in [0.29, 0.717) is 27.2 Å².